The molecule has 1 aliphatic heterocycles. The Kier molecular flexibility index (Phi) is 11.4. The molecule has 1 saturated heterocycles. The lowest BCUT2D eigenvalue weighted by Gasteiger charge is -2.25. The van der Waals surface area contributed by atoms with Gasteiger partial charge in [0, 0.05) is 0 Å². The highest BCUT2D eigenvalue weighted by Gasteiger charge is 2.47. The molecular formula is C32H38O8. The van der Waals surface area contributed by atoms with E-state index in [4.69, 9.17) is 37.9 Å². The summed E-state index contributed by atoms with van der Waals surface area (Å²) in [6.07, 6.45) is -0.301. The molecule has 4 atom stereocenters. The highest BCUT2D eigenvalue weighted by molar-refractivity contribution is 5.28. The Labute approximate surface area is 236 Å². The monoisotopic (exact) mass is 550 g/mol. The van der Waals surface area contributed by atoms with Crippen LogP contribution < -0.4 is 14.2 Å². The molecule has 0 amide bonds. The largest absolute Gasteiger partial charge is 0.497 e. The molecule has 1 fully saturated rings. The summed E-state index contributed by atoms with van der Waals surface area (Å²) < 4.78 is 47.0. The van der Waals surface area contributed by atoms with Crippen LogP contribution in [0.2, 0.25) is 0 Å². The molecule has 1 heterocycles. The van der Waals surface area contributed by atoms with Crippen LogP contribution in [0, 0.1) is 0 Å². The quantitative estimate of drug-likeness (QED) is 0.222. The van der Waals surface area contributed by atoms with Crippen molar-refractivity contribution in [1.29, 1.82) is 0 Å². The van der Waals surface area contributed by atoms with Crippen molar-refractivity contribution in [3.05, 3.63) is 102 Å². The molecule has 0 bridgehead atoms. The maximum Gasteiger partial charge on any atom is 0.187 e. The molecule has 3 aromatic rings. The first kappa shape index (κ1) is 29.6. The third-order valence-corrected chi connectivity index (χ3v) is 6.56. The lowest BCUT2D eigenvalue weighted by atomic mass is 10.1. The second-order valence-corrected chi connectivity index (χ2v) is 9.28. The Morgan fingerprint density at radius 2 is 1.07 bits per heavy atom. The first-order chi connectivity index (χ1) is 19.6. The van der Waals surface area contributed by atoms with Crippen molar-refractivity contribution in [1.82, 2.24) is 0 Å². The number of hydrogen-bond donors (Lipinski definition) is 0. The second-order valence-electron chi connectivity index (χ2n) is 9.28. The molecule has 1 unspecified atom stereocenters. The summed E-state index contributed by atoms with van der Waals surface area (Å²) in [4.78, 5) is 0. The topological polar surface area (TPSA) is 73.8 Å². The van der Waals surface area contributed by atoms with Crippen molar-refractivity contribution in [2.24, 2.45) is 0 Å². The number of methoxy groups -OCH3 is 3. The highest BCUT2D eigenvalue weighted by Crippen LogP contribution is 2.30. The Bertz CT molecular complexity index is 1150. The van der Waals surface area contributed by atoms with E-state index in [9.17, 15) is 0 Å². The van der Waals surface area contributed by atoms with Gasteiger partial charge in [0.15, 0.2) is 6.29 Å². The zero-order valence-corrected chi connectivity index (χ0v) is 23.3. The van der Waals surface area contributed by atoms with Crippen LogP contribution in [0.5, 0.6) is 17.2 Å². The average Bonchev–Trinajstić information content (AvgIpc) is 3.34. The Morgan fingerprint density at radius 3 is 1.52 bits per heavy atom. The lowest BCUT2D eigenvalue weighted by molar-refractivity contribution is -0.179. The van der Waals surface area contributed by atoms with Crippen molar-refractivity contribution in [3.63, 3.8) is 0 Å². The van der Waals surface area contributed by atoms with Gasteiger partial charge in [-0.2, -0.15) is 0 Å². The Hall–Kier alpha value is -3.40. The fourth-order valence-electron chi connectivity index (χ4n) is 4.34. The predicted molar refractivity (Wildman–Crippen MR) is 151 cm³/mol. The molecule has 0 aliphatic carbocycles. The SMILES string of the molecule is C=CCOC1O[C@H](COCc2ccc(OC)cc2)[C@H](OCc2ccc(OC)cc2)[C@@H]1OCc1ccc(OC)cc1. The van der Waals surface area contributed by atoms with Crippen LogP contribution in [0.3, 0.4) is 0 Å². The molecule has 214 valence electrons. The van der Waals surface area contributed by atoms with E-state index in [1.807, 2.05) is 72.8 Å². The Balaban J connectivity index is 1.46. The molecular weight excluding hydrogens is 512 g/mol. The normalized spacial score (nSPS) is 20.3. The molecule has 40 heavy (non-hydrogen) atoms. The third kappa shape index (κ3) is 8.30. The number of benzene rings is 3. The summed E-state index contributed by atoms with van der Waals surface area (Å²) >= 11 is 0. The van der Waals surface area contributed by atoms with Crippen LogP contribution in [-0.2, 0) is 43.5 Å². The predicted octanol–water partition coefficient (Wildman–Crippen LogP) is 5.33. The average molecular weight is 551 g/mol. The third-order valence-electron chi connectivity index (χ3n) is 6.56. The maximum absolute atomic E-state index is 6.44. The van der Waals surface area contributed by atoms with E-state index in [2.05, 4.69) is 6.58 Å². The zero-order valence-electron chi connectivity index (χ0n) is 23.3. The van der Waals surface area contributed by atoms with E-state index in [1.54, 1.807) is 27.4 Å². The molecule has 0 N–H and O–H groups in total. The van der Waals surface area contributed by atoms with Crippen LogP contribution in [0.1, 0.15) is 16.7 Å². The van der Waals surface area contributed by atoms with Crippen LogP contribution in [0.15, 0.2) is 85.5 Å². The van der Waals surface area contributed by atoms with Gasteiger partial charge in [0.2, 0.25) is 0 Å². The van der Waals surface area contributed by atoms with E-state index >= 15 is 0 Å². The van der Waals surface area contributed by atoms with Crippen molar-refractivity contribution < 1.29 is 37.9 Å². The molecule has 1 aliphatic rings. The van der Waals surface area contributed by atoms with E-state index in [0.29, 0.717) is 33.0 Å². The van der Waals surface area contributed by atoms with Gasteiger partial charge < -0.3 is 37.9 Å². The van der Waals surface area contributed by atoms with Crippen molar-refractivity contribution in [2.45, 2.75) is 44.4 Å². The minimum atomic E-state index is -0.647. The maximum atomic E-state index is 6.44. The molecule has 0 spiro atoms. The summed E-state index contributed by atoms with van der Waals surface area (Å²) in [7, 11) is 4.93. The van der Waals surface area contributed by atoms with Crippen molar-refractivity contribution in [2.75, 3.05) is 34.5 Å². The van der Waals surface area contributed by atoms with Gasteiger partial charge in [-0.1, -0.05) is 42.5 Å². The van der Waals surface area contributed by atoms with Gasteiger partial charge in [0.05, 0.1) is 54.4 Å². The zero-order chi connectivity index (χ0) is 28.2. The standard InChI is InChI=1S/C32H38O8/c1-5-18-37-32-31(39-21-25-10-16-28(35-4)17-11-25)30(38-20-24-8-14-27(34-3)15-9-24)29(40-32)22-36-19-23-6-12-26(33-2)13-7-23/h5-17,29-32H,1,18-22H2,2-4H3/t29-,30+,31+,32?/m1/s1. The molecule has 0 aromatic heterocycles. The fraction of sp³-hybridized carbons (Fsp3) is 0.375. The van der Waals surface area contributed by atoms with E-state index < -0.39 is 24.6 Å². The smallest absolute Gasteiger partial charge is 0.187 e. The Morgan fingerprint density at radius 1 is 0.625 bits per heavy atom. The molecule has 8 heteroatoms. The van der Waals surface area contributed by atoms with Crippen LogP contribution >= 0.6 is 0 Å². The summed E-state index contributed by atoms with van der Waals surface area (Å²) in [5.74, 6) is 2.38. The second kappa shape index (κ2) is 15.4. The lowest BCUT2D eigenvalue weighted by Crippen LogP contribution is -2.39. The summed E-state index contributed by atoms with van der Waals surface area (Å²) in [5, 5.41) is 0. The number of hydrogen-bond acceptors (Lipinski definition) is 8. The van der Waals surface area contributed by atoms with Gasteiger partial charge in [0.25, 0.3) is 0 Å². The fourth-order valence-corrected chi connectivity index (χ4v) is 4.34. The summed E-state index contributed by atoms with van der Waals surface area (Å²) in [6.45, 7) is 5.53. The van der Waals surface area contributed by atoms with Crippen LogP contribution in [0.25, 0.3) is 0 Å². The highest BCUT2D eigenvalue weighted by atomic mass is 16.7. The molecule has 4 rings (SSSR count). The molecule has 0 saturated carbocycles. The minimum absolute atomic E-state index is 0.301. The number of rotatable bonds is 16. The molecule has 0 radical (unpaired) electrons. The number of ether oxygens (including phenoxy) is 8. The van der Waals surface area contributed by atoms with Gasteiger partial charge in [0.1, 0.15) is 35.6 Å². The van der Waals surface area contributed by atoms with Gasteiger partial charge in [-0.15, -0.1) is 6.58 Å². The minimum Gasteiger partial charge on any atom is -0.497 e. The van der Waals surface area contributed by atoms with E-state index in [-0.39, 0.29) is 0 Å². The van der Waals surface area contributed by atoms with E-state index in [1.165, 1.54) is 0 Å². The molecule has 8 nitrogen and oxygen atoms in total. The van der Waals surface area contributed by atoms with Gasteiger partial charge in [-0.05, 0) is 53.1 Å². The first-order valence-corrected chi connectivity index (χ1v) is 13.2. The van der Waals surface area contributed by atoms with Gasteiger partial charge in [-0.25, -0.2) is 0 Å². The van der Waals surface area contributed by atoms with Crippen molar-refractivity contribution in [3.8, 4) is 17.2 Å². The van der Waals surface area contributed by atoms with Gasteiger partial charge in [-0.3, -0.25) is 0 Å². The van der Waals surface area contributed by atoms with Gasteiger partial charge >= 0.3 is 0 Å². The van der Waals surface area contributed by atoms with Crippen LogP contribution in [0.4, 0.5) is 0 Å². The van der Waals surface area contributed by atoms with E-state index in [0.717, 1.165) is 33.9 Å². The summed E-state index contributed by atoms with van der Waals surface area (Å²) in [5.41, 5.74) is 3.03. The van der Waals surface area contributed by atoms with Crippen LogP contribution in [-0.4, -0.2) is 59.1 Å². The molecule has 3 aromatic carbocycles. The summed E-state index contributed by atoms with van der Waals surface area (Å²) in [6, 6.07) is 23.3. The van der Waals surface area contributed by atoms with Crippen molar-refractivity contribution >= 4 is 0 Å². The first-order valence-electron chi connectivity index (χ1n) is 13.2.